The van der Waals surface area contributed by atoms with Gasteiger partial charge in [0, 0.05) is 11.4 Å². The van der Waals surface area contributed by atoms with Crippen LogP contribution >= 0.6 is 22.7 Å². The molecule has 0 aromatic carbocycles. The van der Waals surface area contributed by atoms with E-state index in [4.69, 9.17) is 0 Å². The maximum Gasteiger partial charge on any atom is 0.250 e. The van der Waals surface area contributed by atoms with Crippen LogP contribution in [0, 0.1) is 6.92 Å². The molecule has 2 aromatic heterocycles. The van der Waals surface area contributed by atoms with Crippen LogP contribution in [0.2, 0.25) is 0 Å². The molecular formula is C11H11NO3S3. The predicted molar refractivity (Wildman–Crippen MR) is 72.8 cm³/mol. The Bertz CT molecular complexity index is 641. The van der Waals surface area contributed by atoms with Crippen LogP contribution in [0.15, 0.2) is 27.8 Å². The van der Waals surface area contributed by atoms with E-state index in [9.17, 15) is 13.2 Å². The summed E-state index contributed by atoms with van der Waals surface area (Å²) in [4.78, 5) is 12.2. The zero-order valence-corrected chi connectivity index (χ0v) is 12.0. The van der Waals surface area contributed by atoms with E-state index in [-0.39, 0.29) is 6.54 Å². The van der Waals surface area contributed by atoms with Gasteiger partial charge in [0.1, 0.15) is 4.21 Å². The lowest BCUT2D eigenvalue weighted by Crippen LogP contribution is -2.22. The fraction of sp³-hybridized carbons (Fsp3) is 0.182. The fourth-order valence-corrected chi connectivity index (χ4v) is 4.35. The van der Waals surface area contributed by atoms with E-state index in [1.807, 2.05) is 6.92 Å². The van der Waals surface area contributed by atoms with Gasteiger partial charge in [-0.05, 0) is 30.0 Å². The highest BCUT2D eigenvalue weighted by atomic mass is 32.2. The molecule has 0 spiro atoms. The second-order valence-corrected chi connectivity index (χ2v) is 7.83. The molecule has 0 saturated heterocycles. The van der Waals surface area contributed by atoms with Gasteiger partial charge in [-0.25, -0.2) is 13.1 Å². The smallest absolute Gasteiger partial charge is 0.250 e. The van der Waals surface area contributed by atoms with Crippen molar-refractivity contribution in [1.29, 1.82) is 0 Å². The zero-order chi connectivity index (χ0) is 13.2. The molecule has 18 heavy (non-hydrogen) atoms. The number of carbonyl (C=O) groups is 1. The Kier molecular flexibility index (Phi) is 3.96. The molecule has 0 radical (unpaired) electrons. The Morgan fingerprint density at radius 1 is 1.44 bits per heavy atom. The van der Waals surface area contributed by atoms with E-state index < -0.39 is 10.0 Å². The first-order valence-electron chi connectivity index (χ1n) is 5.10. The molecule has 2 aromatic rings. The maximum atomic E-state index is 11.9. The van der Waals surface area contributed by atoms with Crippen molar-refractivity contribution in [1.82, 2.24) is 4.72 Å². The molecule has 0 bridgehead atoms. The van der Waals surface area contributed by atoms with Gasteiger partial charge in [0.15, 0.2) is 6.29 Å². The quantitative estimate of drug-likeness (QED) is 0.863. The van der Waals surface area contributed by atoms with Crippen LogP contribution in [0.5, 0.6) is 0 Å². The first kappa shape index (κ1) is 13.4. The van der Waals surface area contributed by atoms with Gasteiger partial charge in [-0.15, -0.1) is 22.7 Å². The number of nitrogens with one attached hydrogen (secondary N) is 1. The average Bonchev–Trinajstić information content (AvgIpc) is 2.96. The van der Waals surface area contributed by atoms with Gasteiger partial charge in [0.25, 0.3) is 0 Å². The summed E-state index contributed by atoms with van der Waals surface area (Å²) in [5.74, 6) is 0. The largest absolute Gasteiger partial charge is 0.297 e. The SMILES string of the molecule is Cc1sc(C=O)cc1CNS(=O)(=O)c1cccs1. The molecule has 96 valence electrons. The highest BCUT2D eigenvalue weighted by molar-refractivity contribution is 7.91. The monoisotopic (exact) mass is 301 g/mol. The van der Waals surface area contributed by atoms with Gasteiger partial charge in [-0.1, -0.05) is 6.07 Å². The van der Waals surface area contributed by atoms with Gasteiger partial charge in [0.05, 0.1) is 4.88 Å². The van der Waals surface area contributed by atoms with Crippen molar-refractivity contribution in [3.63, 3.8) is 0 Å². The van der Waals surface area contributed by atoms with Gasteiger partial charge >= 0.3 is 0 Å². The van der Waals surface area contributed by atoms with E-state index in [1.165, 1.54) is 22.7 Å². The standard InChI is InChI=1S/C11H11NO3S3/c1-8-9(5-10(7-13)17-8)6-12-18(14,15)11-3-2-4-16-11/h2-5,7,12H,6H2,1H3. The molecule has 7 heteroatoms. The fourth-order valence-electron chi connectivity index (χ4n) is 1.44. The molecule has 0 unspecified atom stereocenters. The highest BCUT2D eigenvalue weighted by Crippen LogP contribution is 2.21. The number of hydrogen-bond donors (Lipinski definition) is 1. The third-order valence-electron chi connectivity index (χ3n) is 2.37. The molecule has 0 fully saturated rings. The van der Waals surface area contributed by atoms with E-state index in [0.29, 0.717) is 9.09 Å². The zero-order valence-electron chi connectivity index (χ0n) is 9.54. The summed E-state index contributed by atoms with van der Waals surface area (Å²) < 4.78 is 26.6. The van der Waals surface area contributed by atoms with E-state index in [0.717, 1.165) is 16.7 Å². The maximum absolute atomic E-state index is 11.9. The first-order valence-corrected chi connectivity index (χ1v) is 8.28. The van der Waals surface area contributed by atoms with Crippen LogP contribution in [0.1, 0.15) is 20.1 Å². The molecule has 1 N–H and O–H groups in total. The van der Waals surface area contributed by atoms with Crippen molar-refractivity contribution in [2.45, 2.75) is 17.7 Å². The Labute approximate surface area is 113 Å². The third-order valence-corrected chi connectivity index (χ3v) is 6.19. The molecule has 0 amide bonds. The van der Waals surface area contributed by atoms with Crippen LogP contribution in [0.4, 0.5) is 0 Å². The topological polar surface area (TPSA) is 63.2 Å². The summed E-state index contributed by atoms with van der Waals surface area (Å²) in [6, 6.07) is 4.97. The average molecular weight is 301 g/mol. The first-order chi connectivity index (χ1) is 8.53. The van der Waals surface area contributed by atoms with Crippen LogP contribution < -0.4 is 4.72 Å². The lowest BCUT2D eigenvalue weighted by molar-refractivity contribution is 0.112. The number of hydrogen-bond acceptors (Lipinski definition) is 5. The summed E-state index contributed by atoms with van der Waals surface area (Å²) in [6.45, 7) is 2.07. The van der Waals surface area contributed by atoms with Gasteiger partial charge in [-0.2, -0.15) is 0 Å². The highest BCUT2D eigenvalue weighted by Gasteiger charge is 2.15. The molecule has 0 saturated carbocycles. The lowest BCUT2D eigenvalue weighted by atomic mass is 10.2. The lowest BCUT2D eigenvalue weighted by Gasteiger charge is -2.03. The Morgan fingerprint density at radius 2 is 2.22 bits per heavy atom. The van der Waals surface area contributed by atoms with Crippen molar-refractivity contribution in [3.8, 4) is 0 Å². The van der Waals surface area contributed by atoms with Crippen molar-refractivity contribution in [2.75, 3.05) is 0 Å². The van der Waals surface area contributed by atoms with Crippen LogP contribution in [-0.2, 0) is 16.6 Å². The van der Waals surface area contributed by atoms with Crippen LogP contribution in [-0.4, -0.2) is 14.7 Å². The number of aryl methyl sites for hydroxylation is 1. The summed E-state index contributed by atoms with van der Waals surface area (Å²) in [6.07, 6.45) is 0.773. The summed E-state index contributed by atoms with van der Waals surface area (Å²) in [7, 11) is -3.44. The molecule has 0 aliphatic heterocycles. The molecule has 0 aliphatic rings. The van der Waals surface area contributed by atoms with E-state index >= 15 is 0 Å². The predicted octanol–water partition coefficient (Wildman–Crippen LogP) is 2.41. The number of carbonyl (C=O) groups excluding carboxylic acids is 1. The van der Waals surface area contributed by atoms with Gasteiger partial charge in [-0.3, -0.25) is 4.79 Å². The molecule has 0 atom stereocenters. The second-order valence-electron chi connectivity index (χ2n) is 3.60. The van der Waals surface area contributed by atoms with Crippen molar-refractivity contribution in [2.24, 2.45) is 0 Å². The van der Waals surface area contributed by atoms with Crippen LogP contribution in [0.25, 0.3) is 0 Å². The minimum absolute atomic E-state index is 0.205. The van der Waals surface area contributed by atoms with Crippen molar-refractivity contribution in [3.05, 3.63) is 38.9 Å². The number of sulfonamides is 1. The summed E-state index contributed by atoms with van der Waals surface area (Å²) in [5, 5.41) is 1.72. The molecular weight excluding hydrogens is 290 g/mol. The molecule has 0 aliphatic carbocycles. The number of rotatable bonds is 5. The number of aldehydes is 1. The van der Waals surface area contributed by atoms with E-state index in [1.54, 1.807) is 23.6 Å². The number of thiophene rings is 2. The molecule has 2 rings (SSSR count). The summed E-state index contributed by atoms with van der Waals surface area (Å²) >= 11 is 2.54. The second kappa shape index (κ2) is 5.31. The molecule has 4 nitrogen and oxygen atoms in total. The normalized spacial score (nSPS) is 11.6. The minimum Gasteiger partial charge on any atom is -0.297 e. The van der Waals surface area contributed by atoms with Gasteiger partial charge in [0.2, 0.25) is 10.0 Å². The minimum atomic E-state index is -3.44. The Balaban J connectivity index is 2.12. The van der Waals surface area contributed by atoms with Crippen molar-refractivity contribution >= 4 is 39.0 Å². The van der Waals surface area contributed by atoms with Crippen LogP contribution in [0.3, 0.4) is 0 Å². The Hall–Kier alpha value is -1.02. The van der Waals surface area contributed by atoms with Gasteiger partial charge < -0.3 is 0 Å². The van der Waals surface area contributed by atoms with Crippen molar-refractivity contribution < 1.29 is 13.2 Å². The van der Waals surface area contributed by atoms with E-state index in [2.05, 4.69) is 4.72 Å². The summed E-state index contributed by atoms with van der Waals surface area (Å²) in [5.41, 5.74) is 0.835. The Morgan fingerprint density at radius 3 is 2.78 bits per heavy atom. The molecule has 2 heterocycles. The third kappa shape index (κ3) is 2.86.